The number of anilines is 1. The van der Waals surface area contributed by atoms with Crippen LogP contribution in [0.15, 0.2) is 16.6 Å². The third-order valence-corrected chi connectivity index (χ3v) is 2.97. The molecule has 0 amide bonds. The first-order valence-corrected chi connectivity index (χ1v) is 5.59. The summed E-state index contributed by atoms with van der Waals surface area (Å²) in [5.74, 6) is -0.357. The van der Waals surface area contributed by atoms with Crippen molar-refractivity contribution in [3.8, 4) is 0 Å². The van der Waals surface area contributed by atoms with Crippen molar-refractivity contribution in [1.82, 2.24) is 0 Å². The van der Waals surface area contributed by atoms with Gasteiger partial charge >= 0.3 is 5.97 Å². The Morgan fingerprint density at radius 1 is 1.53 bits per heavy atom. The van der Waals surface area contributed by atoms with Crippen LogP contribution in [0.2, 0.25) is 0 Å². The smallest absolute Gasteiger partial charge is 0.340 e. The number of hydrogen-bond acceptors (Lipinski definition) is 3. The van der Waals surface area contributed by atoms with E-state index in [-0.39, 0.29) is 5.97 Å². The highest BCUT2D eigenvalue weighted by Gasteiger charge is 2.13. The molecular weight excluding hydrogens is 258 g/mol. The Morgan fingerprint density at radius 3 is 2.80 bits per heavy atom. The molecule has 1 aromatic carbocycles. The molecule has 0 saturated heterocycles. The minimum Gasteiger partial charge on any atom is -0.462 e. The Bertz CT molecular complexity index is 377. The predicted octanol–water partition coefficient (Wildman–Crippen LogP) is 2.91. The molecule has 82 valence electrons. The van der Waals surface area contributed by atoms with Crippen LogP contribution < -0.4 is 5.73 Å². The maximum absolute atomic E-state index is 11.6. The highest BCUT2D eigenvalue weighted by Crippen LogP contribution is 2.25. The lowest BCUT2D eigenvalue weighted by Gasteiger charge is -2.09. The van der Waals surface area contributed by atoms with Gasteiger partial charge in [-0.05, 0) is 31.0 Å². The SMILES string of the molecule is CCCOC(=O)c1ccc(Br)c(C)c1N. The van der Waals surface area contributed by atoms with Gasteiger partial charge in [0.25, 0.3) is 0 Å². The third kappa shape index (κ3) is 2.72. The molecule has 0 spiro atoms. The van der Waals surface area contributed by atoms with Crippen molar-refractivity contribution in [2.45, 2.75) is 20.3 Å². The van der Waals surface area contributed by atoms with Crippen LogP contribution in [0.4, 0.5) is 5.69 Å². The fourth-order valence-electron chi connectivity index (χ4n) is 1.15. The van der Waals surface area contributed by atoms with Crippen LogP contribution in [0.1, 0.15) is 29.3 Å². The Kier molecular flexibility index (Phi) is 4.15. The second-order valence-electron chi connectivity index (χ2n) is 3.27. The second kappa shape index (κ2) is 5.16. The van der Waals surface area contributed by atoms with Crippen molar-refractivity contribution in [3.05, 3.63) is 27.7 Å². The zero-order valence-corrected chi connectivity index (χ0v) is 10.4. The monoisotopic (exact) mass is 271 g/mol. The first-order valence-electron chi connectivity index (χ1n) is 4.79. The molecular formula is C11H14BrNO2. The largest absolute Gasteiger partial charge is 0.462 e. The van der Waals surface area contributed by atoms with Gasteiger partial charge in [-0.15, -0.1) is 0 Å². The van der Waals surface area contributed by atoms with Crippen molar-refractivity contribution in [3.63, 3.8) is 0 Å². The van der Waals surface area contributed by atoms with Gasteiger partial charge in [-0.1, -0.05) is 22.9 Å². The van der Waals surface area contributed by atoms with E-state index in [4.69, 9.17) is 10.5 Å². The summed E-state index contributed by atoms with van der Waals surface area (Å²) in [7, 11) is 0. The van der Waals surface area contributed by atoms with Crippen LogP contribution >= 0.6 is 15.9 Å². The molecule has 4 heteroatoms. The number of carbonyl (C=O) groups is 1. The number of ether oxygens (including phenoxy) is 1. The third-order valence-electron chi connectivity index (χ3n) is 2.11. The number of rotatable bonds is 3. The molecule has 0 aliphatic carbocycles. The van der Waals surface area contributed by atoms with E-state index >= 15 is 0 Å². The second-order valence-corrected chi connectivity index (χ2v) is 4.12. The molecule has 15 heavy (non-hydrogen) atoms. The van der Waals surface area contributed by atoms with Crippen LogP contribution in [0.25, 0.3) is 0 Å². The molecule has 0 fully saturated rings. The van der Waals surface area contributed by atoms with Gasteiger partial charge < -0.3 is 10.5 Å². The van der Waals surface area contributed by atoms with Crippen LogP contribution in [0, 0.1) is 6.92 Å². The van der Waals surface area contributed by atoms with E-state index in [0.29, 0.717) is 17.9 Å². The fraction of sp³-hybridized carbons (Fsp3) is 0.364. The zero-order chi connectivity index (χ0) is 11.4. The molecule has 1 rings (SSSR count). The molecule has 0 aromatic heterocycles. The molecule has 0 aliphatic rings. The lowest BCUT2D eigenvalue weighted by Crippen LogP contribution is -2.09. The van der Waals surface area contributed by atoms with Crippen molar-refractivity contribution >= 4 is 27.6 Å². The van der Waals surface area contributed by atoms with Gasteiger partial charge in [-0.2, -0.15) is 0 Å². The quantitative estimate of drug-likeness (QED) is 0.680. The van der Waals surface area contributed by atoms with Crippen LogP contribution in [0.5, 0.6) is 0 Å². The standard InChI is InChI=1S/C11H14BrNO2/c1-3-6-15-11(14)8-4-5-9(12)7(2)10(8)13/h4-5H,3,6,13H2,1-2H3. The Morgan fingerprint density at radius 2 is 2.20 bits per heavy atom. The van der Waals surface area contributed by atoms with Gasteiger partial charge in [0.05, 0.1) is 17.9 Å². The van der Waals surface area contributed by atoms with Crippen LogP contribution in [-0.2, 0) is 4.74 Å². The van der Waals surface area contributed by atoms with Gasteiger partial charge in [-0.25, -0.2) is 4.79 Å². The molecule has 2 N–H and O–H groups in total. The van der Waals surface area contributed by atoms with Gasteiger partial charge in [0.1, 0.15) is 0 Å². The van der Waals surface area contributed by atoms with E-state index in [2.05, 4.69) is 15.9 Å². The Hall–Kier alpha value is -1.03. The average molecular weight is 272 g/mol. The van der Waals surface area contributed by atoms with E-state index in [9.17, 15) is 4.79 Å². The van der Waals surface area contributed by atoms with E-state index < -0.39 is 0 Å². The summed E-state index contributed by atoms with van der Waals surface area (Å²) in [6, 6.07) is 3.47. The van der Waals surface area contributed by atoms with E-state index in [1.807, 2.05) is 13.8 Å². The topological polar surface area (TPSA) is 52.3 Å². The normalized spacial score (nSPS) is 10.1. The van der Waals surface area contributed by atoms with Crippen molar-refractivity contribution < 1.29 is 9.53 Å². The molecule has 0 heterocycles. The van der Waals surface area contributed by atoms with E-state index in [0.717, 1.165) is 16.5 Å². The summed E-state index contributed by atoms with van der Waals surface area (Å²) in [5.41, 5.74) is 7.60. The summed E-state index contributed by atoms with van der Waals surface area (Å²) >= 11 is 3.35. The summed E-state index contributed by atoms with van der Waals surface area (Å²) in [6.07, 6.45) is 0.807. The molecule has 3 nitrogen and oxygen atoms in total. The first kappa shape index (κ1) is 12.0. The maximum atomic E-state index is 11.6. The van der Waals surface area contributed by atoms with Crippen molar-refractivity contribution in [2.24, 2.45) is 0 Å². The molecule has 0 saturated carbocycles. The lowest BCUT2D eigenvalue weighted by atomic mass is 10.1. The molecule has 0 atom stereocenters. The number of nitrogens with two attached hydrogens (primary N) is 1. The maximum Gasteiger partial charge on any atom is 0.340 e. The minimum absolute atomic E-state index is 0.357. The van der Waals surface area contributed by atoms with Gasteiger partial charge in [0, 0.05) is 4.47 Å². The zero-order valence-electron chi connectivity index (χ0n) is 8.84. The van der Waals surface area contributed by atoms with Crippen molar-refractivity contribution in [1.29, 1.82) is 0 Å². The molecule has 0 bridgehead atoms. The van der Waals surface area contributed by atoms with E-state index in [1.54, 1.807) is 12.1 Å². The number of benzene rings is 1. The number of nitrogen functional groups attached to an aromatic ring is 1. The van der Waals surface area contributed by atoms with Gasteiger partial charge in [-0.3, -0.25) is 0 Å². The van der Waals surface area contributed by atoms with Gasteiger partial charge in [0.15, 0.2) is 0 Å². The number of halogens is 1. The highest BCUT2D eigenvalue weighted by atomic mass is 79.9. The number of carbonyl (C=O) groups excluding carboxylic acids is 1. The van der Waals surface area contributed by atoms with Crippen LogP contribution in [0.3, 0.4) is 0 Å². The van der Waals surface area contributed by atoms with Crippen LogP contribution in [-0.4, -0.2) is 12.6 Å². The summed E-state index contributed by atoms with van der Waals surface area (Å²) < 4.78 is 5.91. The van der Waals surface area contributed by atoms with Gasteiger partial charge in [0.2, 0.25) is 0 Å². The first-order chi connectivity index (χ1) is 7.07. The average Bonchev–Trinajstić information content (AvgIpc) is 2.23. The minimum atomic E-state index is -0.357. The fourth-order valence-corrected chi connectivity index (χ4v) is 1.50. The summed E-state index contributed by atoms with van der Waals surface area (Å²) in [5, 5.41) is 0. The lowest BCUT2D eigenvalue weighted by molar-refractivity contribution is 0.0506. The summed E-state index contributed by atoms with van der Waals surface area (Å²) in [6.45, 7) is 4.23. The van der Waals surface area contributed by atoms with Crippen molar-refractivity contribution in [2.75, 3.05) is 12.3 Å². The molecule has 1 aromatic rings. The molecule has 0 radical (unpaired) electrons. The predicted molar refractivity (Wildman–Crippen MR) is 63.9 cm³/mol. The Balaban J connectivity index is 2.95. The molecule has 0 aliphatic heterocycles. The summed E-state index contributed by atoms with van der Waals surface area (Å²) in [4.78, 5) is 11.6. The number of esters is 1. The number of hydrogen-bond donors (Lipinski definition) is 1. The Labute approximate surface area is 97.7 Å². The molecule has 0 unspecified atom stereocenters. The van der Waals surface area contributed by atoms with E-state index in [1.165, 1.54) is 0 Å². The highest BCUT2D eigenvalue weighted by molar-refractivity contribution is 9.10.